The maximum absolute atomic E-state index is 5.51. The molecule has 84 valence electrons. The van der Waals surface area contributed by atoms with Gasteiger partial charge in [0.1, 0.15) is 23.9 Å². The van der Waals surface area contributed by atoms with Crippen LogP contribution in [0, 0.1) is 0 Å². The number of nitrogens with zero attached hydrogens (tertiary/aromatic N) is 2. The molecule has 0 amide bonds. The van der Waals surface area contributed by atoms with Gasteiger partial charge in [-0.15, -0.1) is 0 Å². The van der Waals surface area contributed by atoms with Gasteiger partial charge in [-0.3, -0.25) is 10.9 Å². The van der Waals surface area contributed by atoms with E-state index in [0.717, 1.165) is 11.3 Å². The number of methoxy groups -OCH3 is 1. The number of rotatable bonds is 4. The van der Waals surface area contributed by atoms with Crippen LogP contribution in [-0.4, -0.2) is 22.3 Å². The fourth-order valence-electron chi connectivity index (χ4n) is 1.51. The summed E-state index contributed by atoms with van der Waals surface area (Å²) < 4.78 is 5.15. The van der Waals surface area contributed by atoms with Crippen LogP contribution in [-0.2, 0) is 0 Å². The van der Waals surface area contributed by atoms with Crippen molar-refractivity contribution in [1.82, 2.24) is 20.6 Å². The highest BCUT2D eigenvalue weighted by Gasteiger charge is 2.15. The maximum Gasteiger partial charge on any atom is 0.147 e. The minimum Gasteiger partial charge on any atom is -0.497 e. The highest BCUT2D eigenvalue weighted by atomic mass is 16.5. The summed E-state index contributed by atoms with van der Waals surface area (Å²) in [5.74, 6) is 6.95. The molecule has 1 unspecified atom stereocenters. The van der Waals surface area contributed by atoms with Crippen LogP contribution in [0.25, 0.3) is 0 Å². The van der Waals surface area contributed by atoms with E-state index in [9.17, 15) is 0 Å². The molecule has 6 heteroatoms. The molecule has 0 aliphatic carbocycles. The third-order valence-electron chi connectivity index (χ3n) is 2.30. The van der Waals surface area contributed by atoms with Gasteiger partial charge in [0.15, 0.2) is 0 Å². The Morgan fingerprint density at radius 1 is 1.50 bits per heavy atom. The number of hydrogen-bond donors (Lipinski definition) is 3. The molecule has 0 radical (unpaired) electrons. The van der Waals surface area contributed by atoms with Gasteiger partial charge in [0, 0.05) is 0 Å². The predicted octanol–water partition coefficient (Wildman–Crippen LogP) is 0.366. The molecule has 0 aliphatic rings. The number of H-pyrrole nitrogens is 1. The Balaban J connectivity index is 2.33. The standard InChI is InChI=1S/C10H13N5O/c1-16-8-4-2-3-7(5-8)9(14-11)10-12-6-13-15-10/h2-6,9,14H,11H2,1H3,(H,12,13,15). The highest BCUT2D eigenvalue weighted by molar-refractivity contribution is 5.32. The lowest BCUT2D eigenvalue weighted by atomic mass is 10.1. The van der Waals surface area contributed by atoms with E-state index in [0.29, 0.717) is 5.82 Å². The van der Waals surface area contributed by atoms with E-state index in [-0.39, 0.29) is 6.04 Å². The van der Waals surface area contributed by atoms with Crippen molar-refractivity contribution in [3.8, 4) is 5.75 Å². The molecule has 0 fully saturated rings. The number of hydrogen-bond acceptors (Lipinski definition) is 5. The third-order valence-corrected chi connectivity index (χ3v) is 2.30. The summed E-state index contributed by atoms with van der Waals surface area (Å²) in [7, 11) is 1.62. The number of aromatic nitrogens is 3. The Morgan fingerprint density at radius 3 is 3.00 bits per heavy atom. The zero-order valence-corrected chi connectivity index (χ0v) is 8.84. The van der Waals surface area contributed by atoms with E-state index in [4.69, 9.17) is 10.6 Å². The number of benzene rings is 1. The average Bonchev–Trinajstić information content (AvgIpc) is 2.84. The Morgan fingerprint density at radius 2 is 2.38 bits per heavy atom. The van der Waals surface area contributed by atoms with E-state index in [1.165, 1.54) is 6.33 Å². The Labute approximate surface area is 92.8 Å². The molecule has 16 heavy (non-hydrogen) atoms. The SMILES string of the molecule is COc1cccc(C(NN)c2ncn[nH]2)c1. The normalized spacial score (nSPS) is 12.4. The van der Waals surface area contributed by atoms with E-state index in [2.05, 4.69) is 20.6 Å². The number of nitrogens with one attached hydrogen (secondary N) is 2. The van der Waals surface area contributed by atoms with Crippen LogP contribution in [0.4, 0.5) is 0 Å². The molecule has 1 heterocycles. The van der Waals surface area contributed by atoms with Crippen LogP contribution >= 0.6 is 0 Å². The fraction of sp³-hybridized carbons (Fsp3) is 0.200. The maximum atomic E-state index is 5.51. The van der Waals surface area contributed by atoms with E-state index >= 15 is 0 Å². The van der Waals surface area contributed by atoms with Crippen LogP contribution in [0.2, 0.25) is 0 Å². The molecular weight excluding hydrogens is 206 g/mol. The van der Waals surface area contributed by atoms with Gasteiger partial charge in [0.25, 0.3) is 0 Å². The first-order valence-corrected chi connectivity index (χ1v) is 4.80. The topological polar surface area (TPSA) is 88.8 Å². The van der Waals surface area contributed by atoms with Gasteiger partial charge in [0.05, 0.1) is 7.11 Å². The number of hydrazine groups is 1. The summed E-state index contributed by atoms with van der Waals surface area (Å²) >= 11 is 0. The molecule has 6 nitrogen and oxygen atoms in total. The van der Waals surface area contributed by atoms with Crippen LogP contribution in [0.5, 0.6) is 5.75 Å². The molecule has 0 saturated heterocycles. The van der Waals surface area contributed by atoms with Gasteiger partial charge >= 0.3 is 0 Å². The van der Waals surface area contributed by atoms with Crippen molar-refractivity contribution < 1.29 is 4.74 Å². The summed E-state index contributed by atoms with van der Waals surface area (Å²) in [5, 5.41) is 6.58. The first kappa shape index (κ1) is 10.6. The smallest absolute Gasteiger partial charge is 0.147 e. The van der Waals surface area contributed by atoms with Crippen LogP contribution in [0.3, 0.4) is 0 Å². The van der Waals surface area contributed by atoms with Crippen LogP contribution in [0.15, 0.2) is 30.6 Å². The van der Waals surface area contributed by atoms with Crippen LogP contribution < -0.4 is 16.0 Å². The predicted molar refractivity (Wildman–Crippen MR) is 58.5 cm³/mol. The Hall–Kier alpha value is -1.92. The van der Waals surface area contributed by atoms with Gasteiger partial charge in [0.2, 0.25) is 0 Å². The van der Waals surface area contributed by atoms with E-state index < -0.39 is 0 Å². The van der Waals surface area contributed by atoms with Gasteiger partial charge in [-0.2, -0.15) is 5.10 Å². The molecular formula is C10H13N5O. The molecule has 1 aromatic carbocycles. The van der Waals surface area contributed by atoms with E-state index in [1.807, 2.05) is 24.3 Å². The molecule has 2 rings (SSSR count). The van der Waals surface area contributed by atoms with Gasteiger partial charge in [-0.25, -0.2) is 10.4 Å². The second kappa shape index (κ2) is 4.73. The monoisotopic (exact) mass is 219 g/mol. The molecule has 1 atom stereocenters. The number of nitrogens with two attached hydrogens (primary N) is 1. The number of aromatic amines is 1. The highest BCUT2D eigenvalue weighted by Crippen LogP contribution is 2.21. The zero-order valence-electron chi connectivity index (χ0n) is 8.84. The molecule has 1 aromatic heterocycles. The van der Waals surface area contributed by atoms with Gasteiger partial charge in [-0.1, -0.05) is 12.1 Å². The third kappa shape index (κ3) is 2.02. The summed E-state index contributed by atoms with van der Waals surface area (Å²) in [5.41, 5.74) is 3.64. The zero-order chi connectivity index (χ0) is 11.4. The molecule has 2 aromatic rings. The first-order valence-electron chi connectivity index (χ1n) is 4.80. The summed E-state index contributed by atoms with van der Waals surface area (Å²) in [6.07, 6.45) is 1.44. The second-order valence-electron chi connectivity index (χ2n) is 3.25. The Kier molecular flexibility index (Phi) is 3.13. The average molecular weight is 219 g/mol. The minimum atomic E-state index is -0.224. The van der Waals surface area contributed by atoms with Crippen molar-refractivity contribution in [2.24, 2.45) is 5.84 Å². The van der Waals surface area contributed by atoms with Crippen molar-refractivity contribution >= 4 is 0 Å². The summed E-state index contributed by atoms with van der Waals surface area (Å²) in [6.45, 7) is 0. The summed E-state index contributed by atoms with van der Waals surface area (Å²) in [4.78, 5) is 4.07. The van der Waals surface area contributed by atoms with Gasteiger partial charge < -0.3 is 4.74 Å². The van der Waals surface area contributed by atoms with Crippen molar-refractivity contribution in [3.63, 3.8) is 0 Å². The lowest BCUT2D eigenvalue weighted by Crippen LogP contribution is -2.29. The molecule has 0 aliphatic heterocycles. The van der Waals surface area contributed by atoms with Crippen LogP contribution in [0.1, 0.15) is 17.4 Å². The van der Waals surface area contributed by atoms with E-state index in [1.54, 1.807) is 7.11 Å². The van der Waals surface area contributed by atoms with Crippen molar-refractivity contribution in [1.29, 1.82) is 0 Å². The first-order chi connectivity index (χ1) is 7.85. The lowest BCUT2D eigenvalue weighted by Gasteiger charge is -2.14. The molecule has 0 saturated carbocycles. The largest absolute Gasteiger partial charge is 0.497 e. The van der Waals surface area contributed by atoms with Crippen molar-refractivity contribution in [2.75, 3.05) is 7.11 Å². The lowest BCUT2D eigenvalue weighted by molar-refractivity contribution is 0.413. The quantitative estimate of drug-likeness (QED) is 0.510. The van der Waals surface area contributed by atoms with Crippen molar-refractivity contribution in [3.05, 3.63) is 42.0 Å². The van der Waals surface area contributed by atoms with Gasteiger partial charge in [-0.05, 0) is 17.7 Å². The molecule has 0 bridgehead atoms. The second-order valence-corrected chi connectivity index (χ2v) is 3.25. The fourth-order valence-corrected chi connectivity index (χ4v) is 1.51. The molecule has 0 spiro atoms. The number of ether oxygens (including phenoxy) is 1. The molecule has 4 N–H and O–H groups in total. The minimum absolute atomic E-state index is 0.224. The van der Waals surface area contributed by atoms with Crippen molar-refractivity contribution in [2.45, 2.75) is 6.04 Å². The summed E-state index contributed by atoms with van der Waals surface area (Å²) in [6, 6.07) is 7.38. The Bertz CT molecular complexity index is 442.